The Bertz CT molecular complexity index is 1010. The molecule has 0 radical (unpaired) electrons. The van der Waals surface area contributed by atoms with Gasteiger partial charge in [0.1, 0.15) is 16.1 Å². The van der Waals surface area contributed by atoms with Crippen molar-refractivity contribution in [2.24, 2.45) is 4.99 Å². The average Bonchev–Trinajstić information content (AvgIpc) is 3.38. The fourth-order valence-corrected chi connectivity index (χ4v) is 3.69. The van der Waals surface area contributed by atoms with Crippen LogP contribution in [0.5, 0.6) is 0 Å². The quantitative estimate of drug-likeness (QED) is 0.337. The number of benzene rings is 1. The number of esters is 1. The van der Waals surface area contributed by atoms with Gasteiger partial charge < -0.3 is 19.8 Å². The lowest BCUT2D eigenvalue weighted by Gasteiger charge is -2.15. The van der Waals surface area contributed by atoms with E-state index >= 15 is 0 Å². The van der Waals surface area contributed by atoms with Crippen molar-refractivity contribution in [3.63, 3.8) is 0 Å². The molecular weight excluding hydrogens is 402 g/mol. The Kier molecular flexibility index (Phi) is 7.18. The van der Waals surface area contributed by atoms with E-state index in [0.717, 1.165) is 16.3 Å². The smallest absolute Gasteiger partial charge is 0.350 e. The molecule has 0 saturated carbocycles. The van der Waals surface area contributed by atoms with Crippen LogP contribution in [0.2, 0.25) is 0 Å². The molecular formula is C21H25N5O3S. The summed E-state index contributed by atoms with van der Waals surface area (Å²) in [6, 6.07) is 9.60. The van der Waals surface area contributed by atoms with Crippen LogP contribution in [0.15, 0.2) is 46.0 Å². The molecule has 0 fully saturated rings. The van der Waals surface area contributed by atoms with E-state index in [4.69, 9.17) is 9.15 Å². The first-order chi connectivity index (χ1) is 14.5. The lowest BCUT2D eigenvalue weighted by Crippen LogP contribution is -2.38. The molecule has 30 heavy (non-hydrogen) atoms. The van der Waals surface area contributed by atoms with E-state index in [1.165, 1.54) is 11.3 Å². The molecule has 1 unspecified atom stereocenters. The molecule has 0 amide bonds. The van der Waals surface area contributed by atoms with E-state index in [-0.39, 0.29) is 12.0 Å². The maximum Gasteiger partial charge on any atom is 0.350 e. The molecule has 2 N–H and O–H groups in total. The number of nitrogens with zero attached hydrogens (tertiary/aromatic N) is 3. The first-order valence-corrected chi connectivity index (χ1v) is 10.4. The Labute approximate surface area is 179 Å². The number of hydrogen-bond acceptors (Lipinski definition) is 7. The Morgan fingerprint density at radius 2 is 2.07 bits per heavy atom. The van der Waals surface area contributed by atoms with Crippen LogP contribution in [0.25, 0.3) is 11.5 Å². The summed E-state index contributed by atoms with van der Waals surface area (Å²) < 4.78 is 10.6. The second-order valence-electron chi connectivity index (χ2n) is 6.49. The van der Waals surface area contributed by atoms with Crippen LogP contribution in [0, 0.1) is 6.92 Å². The van der Waals surface area contributed by atoms with Gasteiger partial charge in [-0.05, 0) is 32.9 Å². The number of aromatic nitrogens is 2. The predicted molar refractivity (Wildman–Crippen MR) is 116 cm³/mol. The molecule has 9 heteroatoms. The second-order valence-corrected chi connectivity index (χ2v) is 7.52. The predicted octanol–water partition coefficient (Wildman–Crippen LogP) is 3.71. The maximum absolute atomic E-state index is 12.0. The monoisotopic (exact) mass is 427 g/mol. The Balaban J connectivity index is 1.59. The highest BCUT2D eigenvalue weighted by Crippen LogP contribution is 2.24. The van der Waals surface area contributed by atoms with Gasteiger partial charge in [0, 0.05) is 12.6 Å². The van der Waals surface area contributed by atoms with E-state index in [0.29, 0.717) is 35.6 Å². The van der Waals surface area contributed by atoms with Crippen LogP contribution in [0.3, 0.4) is 0 Å². The van der Waals surface area contributed by atoms with Crippen molar-refractivity contribution in [3.8, 4) is 11.5 Å². The van der Waals surface area contributed by atoms with E-state index in [2.05, 4.69) is 25.6 Å². The topological polar surface area (TPSA) is 102 Å². The van der Waals surface area contributed by atoms with Gasteiger partial charge in [0.15, 0.2) is 5.96 Å². The normalized spacial score (nSPS) is 12.5. The minimum absolute atomic E-state index is 0.139. The van der Waals surface area contributed by atoms with Crippen molar-refractivity contribution >= 4 is 23.3 Å². The lowest BCUT2D eigenvalue weighted by molar-refractivity contribution is 0.0531. The fraction of sp³-hybridized carbons (Fsp3) is 0.333. The Hall–Kier alpha value is -3.20. The largest absolute Gasteiger partial charge is 0.462 e. The number of aliphatic imine (C=N–C) groups is 1. The van der Waals surface area contributed by atoms with Gasteiger partial charge in [0.05, 0.1) is 30.6 Å². The summed E-state index contributed by atoms with van der Waals surface area (Å²) in [5.41, 5.74) is 2.36. The summed E-state index contributed by atoms with van der Waals surface area (Å²) in [7, 11) is 1.69. The standard InChI is InChI=1S/C21H25N5O3S/c1-5-28-20(27)17-13(2)24-19(30-17)14(3)25-21(22-4)23-11-16-12-29-18(26-16)15-9-7-6-8-10-15/h6-10,12,14H,5,11H2,1-4H3,(H2,22,23,25). The van der Waals surface area contributed by atoms with Crippen LogP contribution in [0.1, 0.15) is 46.0 Å². The first-order valence-electron chi connectivity index (χ1n) is 9.63. The number of oxazole rings is 1. The molecule has 2 heterocycles. The third-order valence-corrected chi connectivity index (χ3v) is 5.55. The number of guanidine groups is 1. The minimum Gasteiger partial charge on any atom is -0.462 e. The highest BCUT2D eigenvalue weighted by Gasteiger charge is 2.20. The van der Waals surface area contributed by atoms with Crippen LogP contribution in [-0.4, -0.2) is 35.6 Å². The van der Waals surface area contributed by atoms with E-state index in [9.17, 15) is 4.79 Å². The number of rotatable bonds is 7. The van der Waals surface area contributed by atoms with Gasteiger partial charge in [-0.2, -0.15) is 0 Å². The summed E-state index contributed by atoms with van der Waals surface area (Å²) in [5, 5.41) is 7.28. The number of carbonyl (C=O) groups excluding carboxylic acids is 1. The number of carbonyl (C=O) groups is 1. The molecule has 0 aliphatic heterocycles. The lowest BCUT2D eigenvalue weighted by atomic mass is 10.2. The Morgan fingerprint density at radius 3 is 2.77 bits per heavy atom. The van der Waals surface area contributed by atoms with Crippen LogP contribution < -0.4 is 10.6 Å². The summed E-state index contributed by atoms with van der Waals surface area (Å²) in [5.74, 6) is 0.833. The zero-order valence-electron chi connectivity index (χ0n) is 17.4. The summed E-state index contributed by atoms with van der Waals surface area (Å²) in [6.07, 6.45) is 1.63. The van der Waals surface area contributed by atoms with Crippen molar-refractivity contribution in [2.45, 2.75) is 33.4 Å². The van der Waals surface area contributed by atoms with Gasteiger partial charge in [-0.1, -0.05) is 18.2 Å². The van der Waals surface area contributed by atoms with Crippen LogP contribution >= 0.6 is 11.3 Å². The van der Waals surface area contributed by atoms with Crippen molar-refractivity contribution in [1.82, 2.24) is 20.6 Å². The van der Waals surface area contributed by atoms with Gasteiger partial charge in [0.2, 0.25) is 5.89 Å². The summed E-state index contributed by atoms with van der Waals surface area (Å²) in [6.45, 7) is 6.34. The molecule has 3 rings (SSSR count). The molecule has 0 bridgehead atoms. The van der Waals surface area contributed by atoms with Crippen LogP contribution in [0.4, 0.5) is 0 Å². The van der Waals surface area contributed by atoms with Crippen molar-refractivity contribution in [1.29, 1.82) is 0 Å². The van der Waals surface area contributed by atoms with Crippen molar-refractivity contribution in [3.05, 3.63) is 57.9 Å². The minimum atomic E-state index is -0.339. The zero-order valence-corrected chi connectivity index (χ0v) is 18.2. The van der Waals surface area contributed by atoms with Gasteiger partial charge in [-0.15, -0.1) is 11.3 Å². The molecule has 0 spiro atoms. The highest BCUT2D eigenvalue weighted by molar-refractivity contribution is 7.13. The van der Waals surface area contributed by atoms with Crippen LogP contribution in [-0.2, 0) is 11.3 Å². The molecule has 1 atom stereocenters. The second kappa shape index (κ2) is 10.0. The molecule has 1 aromatic carbocycles. The molecule has 0 aliphatic carbocycles. The van der Waals surface area contributed by atoms with Gasteiger partial charge >= 0.3 is 5.97 Å². The molecule has 0 saturated heterocycles. The molecule has 3 aromatic rings. The Morgan fingerprint density at radius 1 is 1.30 bits per heavy atom. The number of aryl methyl sites for hydroxylation is 1. The van der Waals surface area contributed by atoms with Gasteiger partial charge in [-0.3, -0.25) is 4.99 Å². The zero-order chi connectivity index (χ0) is 21.5. The average molecular weight is 428 g/mol. The van der Waals surface area contributed by atoms with E-state index in [1.54, 1.807) is 27.2 Å². The SMILES string of the molecule is CCOC(=O)c1sc(C(C)NC(=NC)NCc2coc(-c3ccccc3)n2)nc1C. The van der Waals surface area contributed by atoms with Gasteiger partial charge in [0.25, 0.3) is 0 Å². The fourth-order valence-electron chi connectivity index (χ4n) is 2.73. The highest BCUT2D eigenvalue weighted by atomic mass is 32.1. The maximum atomic E-state index is 12.0. The first kappa shape index (κ1) is 21.5. The number of ether oxygens (including phenoxy) is 1. The number of nitrogens with one attached hydrogen (secondary N) is 2. The molecule has 2 aromatic heterocycles. The van der Waals surface area contributed by atoms with Crippen molar-refractivity contribution in [2.75, 3.05) is 13.7 Å². The molecule has 158 valence electrons. The third-order valence-electron chi connectivity index (χ3n) is 4.23. The van der Waals surface area contributed by atoms with Gasteiger partial charge in [-0.25, -0.2) is 14.8 Å². The summed E-state index contributed by atoms with van der Waals surface area (Å²) >= 11 is 1.33. The molecule has 0 aliphatic rings. The van der Waals surface area contributed by atoms with E-state index < -0.39 is 0 Å². The molecule has 8 nitrogen and oxygen atoms in total. The number of hydrogen-bond donors (Lipinski definition) is 2. The van der Waals surface area contributed by atoms with E-state index in [1.807, 2.05) is 37.3 Å². The van der Waals surface area contributed by atoms with Crippen molar-refractivity contribution < 1.29 is 13.9 Å². The number of thiazole rings is 1. The summed E-state index contributed by atoms with van der Waals surface area (Å²) in [4.78, 5) is 25.8. The third kappa shape index (κ3) is 5.24.